The van der Waals surface area contributed by atoms with Crippen LogP contribution in [0.15, 0.2) is 24.3 Å². The van der Waals surface area contributed by atoms with Gasteiger partial charge in [0.05, 0.1) is 11.4 Å². The predicted molar refractivity (Wildman–Crippen MR) is 83.5 cm³/mol. The van der Waals surface area contributed by atoms with E-state index in [1.165, 1.54) is 0 Å². The van der Waals surface area contributed by atoms with E-state index >= 15 is 0 Å². The Labute approximate surface area is 122 Å². The van der Waals surface area contributed by atoms with Gasteiger partial charge in [-0.15, -0.1) is 0 Å². The zero-order chi connectivity index (χ0) is 14.8. The van der Waals surface area contributed by atoms with Crippen LogP contribution >= 0.6 is 0 Å². The standard InChI is InChI=1S/C15H24N2O2S/c1-4-5-12-20(18,19)17-11-10-14(16(2)3)13-8-6-7-9-15(13)17/h6-9,14H,4-5,10-12H2,1-3H3. The second-order valence-corrected chi connectivity index (χ2v) is 7.58. The minimum absolute atomic E-state index is 0.241. The van der Waals surface area contributed by atoms with Crippen molar-refractivity contribution < 1.29 is 8.42 Å². The second-order valence-electron chi connectivity index (χ2n) is 5.57. The summed E-state index contributed by atoms with van der Waals surface area (Å²) < 4.78 is 26.6. The van der Waals surface area contributed by atoms with Crippen molar-refractivity contribution in [3.63, 3.8) is 0 Å². The number of unbranched alkanes of at least 4 members (excludes halogenated alkanes) is 1. The second kappa shape index (κ2) is 6.14. The number of para-hydroxylation sites is 1. The van der Waals surface area contributed by atoms with Gasteiger partial charge in [0.15, 0.2) is 0 Å². The molecule has 0 N–H and O–H groups in total. The fourth-order valence-corrected chi connectivity index (χ4v) is 4.50. The molecule has 0 aromatic heterocycles. The first kappa shape index (κ1) is 15.3. The van der Waals surface area contributed by atoms with Crippen LogP contribution in [0.2, 0.25) is 0 Å². The van der Waals surface area contributed by atoms with Gasteiger partial charge in [-0.05, 0) is 38.6 Å². The molecule has 2 rings (SSSR count). The monoisotopic (exact) mass is 296 g/mol. The molecule has 4 nitrogen and oxygen atoms in total. The normalized spacial score (nSPS) is 19.2. The fourth-order valence-electron chi connectivity index (χ4n) is 2.77. The molecule has 0 radical (unpaired) electrons. The first-order chi connectivity index (χ1) is 9.47. The van der Waals surface area contributed by atoms with Gasteiger partial charge in [-0.25, -0.2) is 8.42 Å². The molecule has 1 heterocycles. The summed E-state index contributed by atoms with van der Waals surface area (Å²) in [7, 11) is 0.895. The van der Waals surface area contributed by atoms with Crippen LogP contribution in [0.5, 0.6) is 0 Å². The first-order valence-corrected chi connectivity index (χ1v) is 8.84. The van der Waals surface area contributed by atoms with Gasteiger partial charge in [0.1, 0.15) is 0 Å². The van der Waals surface area contributed by atoms with Gasteiger partial charge in [0.25, 0.3) is 0 Å². The molecule has 20 heavy (non-hydrogen) atoms. The summed E-state index contributed by atoms with van der Waals surface area (Å²) >= 11 is 0. The molecule has 0 amide bonds. The lowest BCUT2D eigenvalue weighted by Crippen LogP contribution is -2.40. The minimum atomic E-state index is -3.19. The molecule has 1 unspecified atom stereocenters. The summed E-state index contributed by atoms with van der Waals surface area (Å²) in [5, 5.41) is 0. The maximum atomic E-state index is 12.5. The van der Waals surface area contributed by atoms with E-state index in [0.29, 0.717) is 12.6 Å². The van der Waals surface area contributed by atoms with Crippen molar-refractivity contribution in [3.8, 4) is 0 Å². The number of sulfonamides is 1. The smallest absolute Gasteiger partial charge is 0.235 e. The lowest BCUT2D eigenvalue weighted by molar-refractivity contribution is 0.281. The summed E-state index contributed by atoms with van der Waals surface area (Å²) in [6, 6.07) is 8.16. The summed E-state index contributed by atoms with van der Waals surface area (Å²) in [5.41, 5.74) is 1.97. The number of anilines is 1. The third-order valence-electron chi connectivity index (χ3n) is 3.89. The first-order valence-electron chi connectivity index (χ1n) is 7.23. The molecule has 0 fully saturated rings. The summed E-state index contributed by atoms with van der Waals surface area (Å²) in [4.78, 5) is 2.16. The highest BCUT2D eigenvalue weighted by molar-refractivity contribution is 7.92. The molecule has 1 atom stereocenters. The van der Waals surface area contributed by atoms with E-state index in [0.717, 1.165) is 30.5 Å². The van der Waals surface area contributed by atoms with Crippen molar-refractivity contribution in [2.45, 2.75) is 32.2 Å². The van der Waals surface area contributed by atoms with Crippen LogP contribution in [-0.2, 0) is 10.0 Å². The fraction of sp³-hybridized carbons (Fsp3) is 0.600. The van der Waals surface area contributed by atoms with Crippen LogP contribution < -0.4 is 4.31 Å². The van der Waals surface area contributed by atoms with E-state index in [4.69, 9.17) is 0 Å². The number of hydrogen-bond donors (Lipinski definition) is 0. The molecule has 112 valence electrons. The highest BCUT2D eigenvalue weighted by atomic mass is 32.2. The van der Waals surface area contributed by atoms with Crippen LogP contribution in [0, 0.1) is 0 Å². The molecule has 0 bridgehead atoms. The Morgan fingerprint density at radius 3 is 2.65 bits per heavy atom. The van der Waals surface area contributed by atoms with Gasteiger partial charge in [-0.3, -0.25) is 4.31 Å². The molecule has 0 saturated carbocycles. The van der Waals surface area contributed by atoms with Gasteiger partial charge >= 0.3 is 0 Å². The van der Waals surface area contributed by atoms with E-state index in [1.807, 2.05) is 45.3 Å². The lowest BCUT2D eigenvalue weighted by atomic mass is 9.97. The van der Waals surface area contributed by atoms with Crippen molar-refractivity contribution in [3.05, 3.63) is 29.8 Å². The Morgan fingerprint density at radius 2 is 2.00 bits per heavy atom. The molecule has 1 aromatic carbocycles. The van der Waals surface area contributed by atoms with Crippen molar-refractivity contribution in [1.82, 2.24) is 4.90 Å². The Balaban J connectivity index is 2.37. The molecule has 1 aliphatic rings. The SMILES string of the molecule is CCCCS(=O)(=O)N1CCC(N(C)C)c2ccccc21. The van der Waals surface area contributed by atoms with Crippen molar-refractivity contribution in [2.75, 3.05) is 30.7 Å². The Hall–Kier alpha value is -1.07. The van der Waals surface area contributed by atoms with Crippen LogP contribution in [0.4, 0.5) is 5.69 Å². The summed E-state index contributed by atoms with van der Waals surface area (Å²) in [6.45, 7) is 2.59. The van der Waals surface area contributed by atoms with E-state index in [2.05, 4.69) is 4.90 Å². The van der Waals surface area contributed by atoms with E-state index in [-0.39, 0.29) is 5.75 Å². The van der Waals surface area contributed by atoms with Crippen LogP contribution in [0.25, 0.3) is 0 Å². The molecular formula is C15H24N2O2S. The zero-order valence-corrected chi connectivity index (χ0v) is 13.4. The molecular weight excluding hydrogens is 272 g/mol. The lowest BCUT2D eigenvalue weighted by Gasteiger charge is -2.37. The van der Waals surface area contributed by atoms with Crippen molar-refractivity contribution >= 4 is 15.7 Å². The van der Waals surface area contributed by atoms with Gasteiger partial charge in [-0.1, -0.05) is 31.5 Å². The minimum Gasteiger partial charge on any atom is -0.302 e. The van der Waals surface area contributed by atoms with Crippen LogP contribution in [0.3, 0.4) is 0 Å². The number of hydrogen-bond acceptors (Lipinski definition) is 3. The van der Waals surface area contributed by atoms with Crippen LogP contribution in [-0.4, -0.2) is 39.7 Å². The Morgan fingerprint density at radius 1 is 1.30 bits per heavy atom. The highest BCUT2D eigenvalue weighted by Gasteiger charge is 2.32. The van der Waals surface area contributed by atoms with E-state index in [9.17, 15) is 8.42 Å². The van der Waals surface area contributed by atoms with Gasteiger partial charge in [-0.2, -0.15) is 0 Å². The van der Waals surface area contributed by atoms with E-state index in [1.54, 1.807) is 4.31 Å². The van der Waals surface area contributed by atoms with Crippen molar-refractivity contribution in [2.24, 2.45) is 0 Å². The highest BCUT2D eigenvalue weighted by Crippen LogP contribution is 2.37. The molecule has 0 spiro atoms. The average molecular weight is 296 g/mol. The largest absolute Gasteiger partial charge is 0.302 e. The van der Waals surface area contributed by atoms with Gasteiger partial charge < -0.3 is 4.90 Å². The Kier molecular flexibility index (Phi) is 4.70. The molecule has 1 aromatic rings. The van der Waals surface area contributed by atoms with Crippen molar-refractivity contribution in [1.29, 1.82) is 0 Å². The van der Waals surface area contributed by atoms with Gasteiger partial charge in [0.2, 0.25) is 10.0 Å². The zero-order valence-electron chi connectivity index (χ0n) is 12.5. The van der Waals surface area contributed by atoms with E-state index < -0.39 is 10.0 Å². The molecule has 0 saturated heterocycles. The van der Waals surface area contributed by atoms with Gasteiger partial charge in [0, 0.05) is 12.6 Å². The molecule has 5 heteroatoms. The average Bonchev–Trinajstić information content (AvgIpc) is 2.43. The Bertz CT molecular complexity index is 555. The van der Waals surface area contributed by atoms with Crippen LogP contribution in [0.1, 0.15) is 37.8 Å². The maximum absolute atomic E-state index is 12.5. The number of rotatable bonds is 5. The predicted octanol–water partition coefficient (Wildman–Crippen LogP) is 2.63. The number of nitrogens with zero attached hydrogens (tertiary/aromatic N) is 2. The third-order valence-corrected chi connectivity index (χ3v) is 5.74. The molecule has 1 aliphatic heterocycles. The molecule has 0 aliphatic carbocycles. The third kappa shape index (κ3) is 2.99. The topological polar surface area (TPSA) is 40.6 Å². The summed E-state index contributed by atoms with van der Waals surface area (Å²) in [6.07, 6.45) is 2.46. The number of fused-ring (bicyclic) bond motifs is 1. The number of benzene rings is 1. The quantitative estimate of drug-likeness (QED) is 0.838. The summed E-state index contributed by atoms with van der Waals surface area (Å²) in [5.74, 6) is 0.241. The maximum Gasteiger partial charge on any atom is 0.235 e.